The van der Waals surface area contributed by atoms with E-state index in [4.69, 9.17) is 0 Å². The lowest BCUT2D eigenvalue weighted by atomic mass is 10.0. The molecule has 1 aliphatic rings. The van der Waals surface area contributed by atoms with Crippen molar-refractivity contribution in [2.45, 2.75) is 26.3 Å². The van der Waals surface area contributed by atoms with Crippen molar-refractivity contribution in [3.8, 4) is 0 Å². The normalized spacial score (nSPS) is 14.8. The molecular formula is C18H18BrN3O2. The molecule has 24 heavy (non-hydrogen) atoms. The predicted molar refractivity (Wildman–Crippen MR) is 95.3 cm³/mol. The number of benzene rings is 1. The fourth-order valence-electron chi connectivity index (χ4n) is 2.46. The molecule has 5 nitrogen and oxygen atoms in total. The van der Waals surface area contributed by atoms with Crippen LogP contribution in [-0.2, 0) is 16.1 Å². The number of pyridine rings is 1. The van der Waals surface area contributed by atoms with E-state index in [1.54, 1.807) is 12.4 Å². The summed E-state index contributed by atoms with van der Waals surface area (Å²) in [7, 11) is 0. The number of anilines is 1. The van der Waals surface area contributed by atoms with Gasteiger partial charge >= 0.3 is 0 Å². The molecule has 1 heterocycles. The van der Waals surface area contributed by atoms with E-state index in [0.29, 0.717) is 25.1 Å². The van der Waals surface area contributed by atoms with Crippen LogP contribution >= 0.6 is 15.9 Å². The highest BCUT2D eigenvalue weighted by Gasteiger charge is 2.56. The minimum absolute atomic E-state index is 0.219. The number of aromatic nitrogens is 1. The third-order valence-corrected chi connectivity index (χ3v) is 5.11. The van der Waals surface area contributed by atoms with Crippen molar-refractivity contribution >= 4 is 33.4 Å². The van der Waals surface area contributed by atoms with Gasteiger partial charge in [-0.2, -0.15) is 0 Å². The Morgan fingerprint density at radius 1 is 1.17 bits per heavy atom. The van der Waals surface area contributed by atoms with Crippen molar-refractivity contribution in [2.24, 2.45) is 5.41 Å². The van der Waals surface area contributed by atoms with Gasteiger partial charge in [0.25, 0.3) is 0 Å². The van der Waals surface area contributed by atoms with Gasteiger partial charge in [0.2, 0.25) is 11.8 Å². The first-order valence-corrected chi connectivity index (χ1v) is 8.55. The van der Waals surface area contributed by atoms with Crippen LogP contribution in [0.4, 0.5) is 5.69 Å². The lowest BCUT2D eigenvalue weighted by molar-refractivity contribution is -0.134. The van der Waals surface area contributed by atoms with Crippen molar-refractivity contribution in [3.05, 3.63) is 58.3 Å². The van der Waals surface area contributed by atoms with Crippen molar-refractivity contribution in [2.75, 3.05) is 5.32 Å². The summed E-state index contributed by atoms with van der Waals surface area (Å²) in [6.07, 6.45) is 4.51. The fraction of sp³-hybridized carbons (Fsp3) is 0.278. The fourth-order valence-corrected chi connectivity index (χ4v) is 2.83. The molecule has 1 aliphatic carbocycles. The summed E-state index contributed by atoms with van der Waals surface area (Å²) < 4.78 is 0.923. The molecule has 0 radical (unpaired) electrons. The second-order valence-corrected chi connectivity index (χ2v) is 6.89. The molecule has 6 heteroatoms. The van der Waals surface area contributed by atoms with E-state index < -0.39 is 5.41 Å². The zero-order valence-electron chi connectivity index (χ0n) is 13.3. The Labute approximate surface area is 149 Å². The Hall–Kier alpha value is -2.21. The highest BCUT2D eigenvalue weighted by atomic mass is 79.9. The van der Waals surface area contributed by atoms with Crippen LogP contribution in [0, 0.1) is 12.3 Å². The van der Waals surface area contributed by atoms with Gasteiger partial charge in [-0.15, -0.1) is 0 Å². The Morgan fingerprint density at radius 3 is 2.50 bits per heavy atom. The maximum absolute atomic E-state index is 12.5. The Bertz CT molecular complexity index is 773. The third kappa shape index (κ3) is 3.48. The molecule has 0 aliphatic heterocycles. The number of hydrogen-bond acceptors (Lipinski definition) is 3. The number of halogens is 1. The van der Waals surface area contributed by atoms with Crippen LogP contribution in [0.25, 0.3) is 0 Å². The molecule has 2 amide bonds. The van der Waals surface area contributed by atoms with Gasteiger partial charge in [-0.3, -0.25) is 14.6 Å². The van der Waals surface area contributed by atoms with E-state index in [1.807, 2.05) is 37.3 Å². The van der Waals surface area contributed by atoms with Gasteiger partial charge in [0.15, 0.2) is 0 Å². The molecule has 0 bridgehead atoms. The number of carbonyl (C=O) groups is 2. The molecule has 0 saturated heterocycles. The van der Waals surface area contributed by atoms with Crippen molar-refractivity contribution in [3.63, 3.8) is 0 Å². The van der Waals surface area contributed by atoms with Gasteiger partial charge in [0.05, 0.1) is 0 Å². The molecule has 2 N–H and O–H groups in total. The number of hydrogen-bond donors (Lipinski definition) is 2. The number of carbonyl (C=O) groups excluding carboxylic acids is 2. The summed E-state index contributed by atoms with van der Waals surface area (Å²) in [5.41, 5.74) is 1.79. The van der Waals surface area contributed by atoms with Crippen molar-refractivity contribution < 1.29 is 9.59 Å². The molecule has 0 spiro atoms. The summed E-state index contributed by atoms with van der Waals surface area (Å²) in [6, 6.07) is 9.28. The van der Waals surface area contributed by atoms with Crippen LogP contribution in [0.15, 0.2) is 47.2 Å². The standard InChI is InChI=1S/C18H18BrN3O2/c1-12-2-3-14(10-15(12)19)22-17(24)18(6-7-18)16(23)21-11-13-4-8-20-9-5-13/h2-5,8-10H,6-7,11H2,1H3,(H,21,23)(H,22,24). The molecule has 1 aromatic heterocycles. The molecule has 2 aromatic rings. The Kier molecular flexibility index (Phi) is 4.66. The summed E-state index contributed by atoms with van der Waals surface area (Å²) in [5.74, 6) is -0.464. The highest BCUT2D eigenvalue weighted by molar-refractivity contribution is 9.10. The van der Waals surface area contributed by atoms with E-state index in [9.17, 15) is 9.59 Å². The summed E-state index contributed by atoms with van der Waals surface area (Å²) in [6.45, 7) is 2.37. The van der Waals surface area contributed by atoms with Gasteiger partial charge in [-0.05, 0) is 55.2 Å². The lowest BCUT2D eigenvalue weighted by Crippen LogP contribution is -2.39. The molecule has 0 unspecified atom stereocenters. The summed E-state index contributed by atoms with van der Waals surface area (Å²) in [4.78, 5) is 28.9. The maximum Gasteiger partial charge on any atom is 0.240 e. The van der Waals surface area contributed by atoms with Crippen LogP contribution in [0.2, 0.25) is 0 Å². The van der Waals surface area contributed by atoms with Crippen LogP contribution in [0.5, 0.6) is 0 Å². The summed E-state index contributed by atoms with van der Waals surface area (Å²) >= 11 is 3.45. The van der Waals surface area contributed by atoms with E-state index in [-0.39, 0.29) is 11.8 Å². The van der Waals surface area contributed by atoms with E-state index >= 15 is 0 Å². The third-order valence-electron chi connectivity index (χ3n) is 4.25. The molecule has 0 atom stereocenters. The Balaban J connectivity index is 1.63. The average Bonchev–Trinajstić information content (AvgIpc) is 3.39. The van der Waals surface area contributed by atoms with Crippen LogP contribution in [0.3, 0.4) is 0 Å². The number of rotatable bonds is 5. The number of amides is 2. The number of nitrogens with one attached hydrogen (secondary N) is 2. The quantitative estimate of drug-likeness (QED) is 0.773. The molecule has 3 rings (SSSR count). The van der Waals surface area contributed by atoms with Gasteiger partial charge in [0, 0.05) is 29.1 Å². The number of aryl methyl sites for hydroxylation is 1. The summed E-state index contributed by atoms with van der Waals surface area (Å²) in [5, 5.41) is 5.70. The molecular weight excluding hydrogens is 370 g/mol. The minimum atomic E-state index is -0.940. The largest absolute Gasteiger partial charge is 0.351 e. The topological polar surface area (TPSA) is 71.1 Å². The van der Waals surface area contributed by atoms with Crippen LogP contribution in [-0.4, -0.2) is 16.8 Å². The molecule has 124 valence electrons. The van der Waals surface area contributed by atoms with E-state index in [2.05, 4.69) is 31.5 Å². The van der Waals surface area contributed by atoms with Gasteiger partial charge < -0.3 is 10.6 Å². The van der Waals surface area contributed by atoms with Gasteiger partial charge in [0.1, 0.15) is 5.41 Å². The smallest absolute Gasteiger partial charge is 0.240 e. The maximum atomic E-state index is 12.5. The molecule has 1 fully saturated rings. The SMILES string of the molecule is Cc1ccc(NC(=O)C2(C(=O)NCc3ccncc3)CC2)cc1Br. The first kappa shape index (κ1) is 16.6. The minimum Gasteiger partial charge on any atom is -0.351 e. The first-order valence-electron chi connectivity index (χ1n) is 7.76. The van der Waals surface area contributed by atoms with Gasteiger partial charge in [-0.25, -0.2) is 0 Å². The van der Waals surface area contributed by atoms with E-state index in [0.717, 1.165) is 15.6 Å². The highest BCUT2D eigenvalue weighted by Crippen LogP contribution is 2.47. The van der Waals surface area contributed by atoms with Crippen molar-refractivity contribution in [1.82, 2.24) is 10.3 Å². The molecule has 1 aromatic carbocycles. The number of nitrogens with zero attached hydrogens (tertiary/aromatic N) is 1. The zero-order valence-corrected chi connectivity index (χ0v) is 14.9. The van der Waals surface area contributed by atoms with Gasteiger partial charge in [-0.1, -0.05) is 22.0 Å². The first-order chi connectivity index (χ1) is 11.5. The van der Waals surface area contributed by atoms with E-state index in [1.165, 1.54) is 0 Å². The Morgan fingerprint density at radius 2 is 1.88 bits per heavy atom. The zero-order chi connectivity index (χ0) is 17.2. The average molecular weight is 388 g/mol. The van der Waals surface area contributed by atoms with Crippen molar-refractivity contribution in [1.29, 1.82) is 0 Å². The predicted octanol–water partition coefficient (Wildman–Crippen LogP) is 3.19. The van der Waals surface area contributed by atoms with Crippen LogP contribution < -0.4 is 10.6 Å². The monoisotopic (exact) mass is 387 g/mol. The van der Waals surface area contributed by atoms with Crippen LogP contribution in [0.1, 0.15) is 24.0 Å². The lowest BCUT2D eigenvalue weighted by Gasteiger charge is -2.16. The molecule has 1 saturated carbocycles. The second kappa shape index (κ2) is 6.73. The second-order valence-electron chi connectivity index (χ2n) is 6.04.